The summed E-state index contributed by atoms with van der Waals surface area (Å²) in [5.41, 5.74) is 7.12. The minimum atomic E-state index is 0.237. The zero-order valence-electron chi connectivity index (χ0n) is 6.68. The third kappa shape index (κ3) is 1.18. The summed E-state index contributed by atoms with van der Waals surface area (Å²) in [5, 5.41) is 3.57. The van der Waals surface area contributed by atoms with Gasteiger partial charge in [0, 0.05) is 0 Å². The van der Waals surface area contributed by atoms with Gasteiger partial charge < -0.3 is 4.74 Å². The highest BCUT2D eigenvalue weighted by Gasteiger charge is 2.41. The summed E-state index contributed by atoms with van der Waals surface area (Å²) in [4.78, 5) is 0. The lowest BCUT2D eigenvalue weighted by atomic mass is 9.78. The van der Waals surface area contributed by atoms with E-state index in [4.69, 9.17) is 10.3 Å². The van der Waals surface area contributed by atoms with Crippen LogP contribution in [0.3, 0.4) is 0 Å². The summed E-state index contributed by atoms with van der Waals surface area (Å²) < 4.78 is 5.55. The molecule has 0 unspecified atom stereocenters. The Kier molecular flexibility index (Phi) is 1.68. The molecule has 0 bridgehead atoms. The fraction of sp³-hybridized carbons (Fsp3) is 1.00. The molecule has 0 aromatic carbocycles. The summed E-state index contributed by atoms with van der Waals surface area (Å²) in [5.74, 6) is 0. The first-order valence-electron chi connectivity index (χ1n) is 4.35. The van der Waals surface area contributed by atoms with Crippen LogP contribution in [0.1, 0.15) is 32.1 Å². The van der Waals surface area contributed by atoms with Crippen molar-refractivity contribution in [3.05, 3.63) is 0 Å². The molecule has 0 aromatic rings. The number of rotatable bonds is 1. The number of hydrogen-bond acceptors (Lipinski definition) is 3. The van der Waals surface area contributed by atoms with Crippen molar-refractivity contribution in [1.29, 1.82) is 5.53 Å². The highest BCUT2D eigenvalue weighted by Crippen LogP contribution is 2.40. The Morgan fingerprint density at radius 1 is 1.27 bits per heavy atom. The molecule has 1 heterocycles. The standard InChI is InChI=1S/C8H14N2O/c9-10-7-1-3-8(4-2-7)5-6-11-8/h7,9H,1-6H2. The molecule has 1 saturated heterocycles. The van der Waals surface area contributed by atoms with Crippen LogP contribution in [0.15, 0.2) is 5.11 Å². The van der Waals surface area contributed by atoms with Gasteiger partial charge in [-0.2, -0.15) is 5.11 Å². The van der Waals surface area contributed by atoms with E-state index >= 15 is 0 Å². The molecule has 0 aromatic heterocycles. The van der Waals surface area contributed by atoms with Crippen LogP contribution in [-0.4, -0.2) is 18.2 Å². The van der Waals surface area contributed by atoms with Gasteiger partial charge in [-0.05, 0) is 32.1 Å². The van der Waals surface area contributed by atoms with Crippen molar-refractivity contribution in [2.75, 3.05) is 6.61 Å². The molecule has 1 aliphatic heterocycles. The molecule has 2 fully saturated rings. The average Bonchev–Trinajstić information content (AvgIpc) is 2.02. The second-order valence-corrected chi connectivity index (χ2v) is 3.64. The molecule has 11 heavy (non-hydrogen) atoms. The van der Waals surface area contributed by atoms with Gasteiger partial charge in [-0.1, -0.05) is 0 Å². The minimum Gasteiger partial charge on any atom is -0.375 e. The van der Waals surface area contributed by atoms with Crippen molar-refractivity contribution in [3.63, 3.8) is 0 Å². The van der Waals surface area contributed by atoms with Crippen molar-refractivity contribution in [3.8, 4) is 0 Å². The zero-order valence-corrected chi connectivity index (χ0v) is 6.68. The first-order chi connectivity index (χ1) is 5.35. The van der Waals surface area contributed by atoms with E-state index in [0.29, 0.717) is 6.04 Å². The molecule has 0 amide bonds. The van der Waals surface area contributed by atoms with Gasteiger partial charge >= 0.3 is 0 Å². The maximum Gasteiger partial charge on any atom is 0.0707 e. The highest BCUT2D eigenvalue weighted by atomic mass is 16.5. The van der Waals surface area contributed by atoms with Gasteiger partial charge in [0.25, 0.3) is 0 Å². The van der Waals surface area contributed by atoms with E-state index in [-0.39, 0.29) is 5.60 Å². The summed E-state index contributed by atoms with van der Waals surface area (Å²) in [6.45, 7) is 0.947. The molecule has 0 radical (unpaired) electrons. The van der Waals surface area contributed by atoms with Gasteiger partial charge in [-0.25, -0.2) is 5.53 Å². The van der Waals surface area contributed by atoms with Crippen LogP contribution in [-0.2, 0) is 4.74 Å². The Balaban J connectivity index is 1.88. The van der Waals surface area contributed by atoms with Gasteiger partial charge in [-0.3, -0.25) is 0 Å². The van der Waals surface area contributed by atoms with Crippen molar-refractivity contribution >= 4 is 0 Å². The number of nitrogens with one attached hydrogen (secondary N) is 1. The topological polar surface area (TPSA) is 45.4 Å². The SMILES string of the molecule is N=NC1CCC2(CCO2)CC1. The van der Waals surface area contributed by atoms with Gasteiger partial charge in [0.05, 0.1) is 18.2 Å². The summed E-state index contributed by atoms with van der Waals surface area (Å²) in [7, 11) is 0. The lowest BCUT2D eigenvalue weighted by Crippen LogP contribution is -2.46. The summed E-state index contributed by atoms with van der Waals surface area (Å²) in [6, 6.07) is 0.296. The number of ether oxygens (including phenoxy) is 1. The molecule has 1 aliphatic carbocycles. The third-order valence-electron chi connectivity index (χ3n) is 3.01. The van der Waals surface area contributed by atoms with Crippen LogP contribution >= 0.6 is 0 Å². The van der Waals surface area contributed by atoms with Gasteiger partial charge in [0.15, 0.2) is 0 Å². The maximum atomic E-state index is 6.89. The van der Waals surface area contributed by atoms with Crippen LogP contribution in [0, 0.1) is 5.53 Å². The highest BCUT2D eigenvalue weighted by molar-refractivity contribution is 4.93. The average molecular weight is 154 g/mol. The van der Waals surface area contributed by atoms with Crippen molar-refractivity contribution in [2.24, 2.45) is 5.11 Å². The van der Waals surface area contributed by atoms with E-state index < -0.39 is 0 Å². The molecule has 0 atom stereocenters. The van der Waals surface area contributed by atoms with Crippen molar-refractivity contribution in [1.82, 2.24) is 0 Å². The molecule has 3 heteroatoms. The Labute approximate surface area is 66.6 Å². The van der Waals surface area contributed by atoms with Crippen molar-refractivity contribution < 1.29 is 4.74 Å². The third-order valence-corrected chi connectivity index (χ3v) is 3.01. The molecule has 62 valence electrons. The molecule has 2 rings (SSSR count). The van der Waals surface area contributed by atoms with Crippen LogP contribution in [0.4, 0.5) is 0 Å². The molecule has 1 spiro atoms. The monoisotopic (exact) mass is 154 g/mol. The van der Waals surface area contributed by atoms with Gasteiger partial charge in [0.1, 0.15) is 0 Å². The normalized spacial score (nSPS) is 43.5. The van der Waals surface area contributed by atoms with Gasteiger partial charge in [0.2, 0.25) is 0 Å². The molecular weight excluding hydrogens is 140 g/mol. The number of hydrogen-bond donors (Lipinski definition) is 1. The maximum absolute atomic E-state index is 6.89. The molecular formula is C8H14N2O. The summed E-state index contributed by atoms with van der Waals surface area (Å²) in [6.07, 6.45) is 5.60. The second-order valence-electron chi connectivity index (χ2n) is 3.64. The zero-order chi connectivity index (χ0) is 7.73. The first kappa shape index (κ1) is 7.22. The molecule has 2 aliphatic rings. The predicted molar refractivity (Wildman–Crippen MR) is 40.7 cm³/mol. The Bertz CT molecular complexity index is 155. The van der Waals surface area contributed by atoms with E-state index in [1.807, 2.05) is 0 Å². The van der Waals surface area contributed by atoms with Gasteiger partial charge in [-0.15, -0.1) is 0 Å². The van der Waals surface area contributed by atoms with E-state index in [2.05, 4.69) is 5.11 Å². The largest absolute Gasteiger partial charge is 0.375 e. The number of nitrogens with zero attached hydrogens (tertiary/aromatic N) is 1. The second kappa shape index (κ2) is 2.55. The Hall–Kier alpha value is -0.440. The lowest BCUT2D eigenvalue weighted by Gasteiger charge is -2.45. The Morgan fingerprint density at radius 3 is 2.27 bits per heavy atom. The van der Waals surface area contributed by atoms with E-state index in [9.17, 15) is 0 Å². The van der Waals surface area contributed by atoms with E-state index in [1.165, 1.54) is 6.42 Å². The first-order valence-corrected chi connectivity index (χ1v) is 4.35. The fourth-order valence-corrected chi connectivity index (χ4v) is 2.04. The van der Waals surface area contributed by atoms with Crippen molar-refractivity contribution in [2.45, 2.75) is 43.7 Å². The summed E-state index contributed by atoms with van der Waals surface area (Å²) >= 11 is 0. The van der Waals surface area contributed by atoms with Crippen LogP contribution in [0.25, 0.3) is 0 Å². The molecule has 3 nitrogen and oxygen atoms in total. The van der Waals surface area contributed by atoms with E-state index in [0.717, 1.165) is 32.3 Å². The fourth-order valence-electron chi connectivity index (χ4n) is 2.04. The molecule has 1 saturated carbocycles. The lowest BCUT2D eigenvalue weighted by molar-refractivity contribution is -0.166. The van der Waals surface area contributed by atoms with Crippen LogP contribution in [0.5, 0.6) is 0 Å². The minimum absolute atomic E-state index is 0.237. The molecule has 1 N–H and O–H groups in total. The predicted octanol–water partition coefficient (Wildman–Crippen LogP) is 2.12. The Morgan fingerprint density at radius 2 is 1.91 bits per heavy atom. The van der Waals surface area contributed by atoms with Crippen LogP contribution < -0.4 is 0 Å². The smallest absolute Gasteiger partial charge is 0.0707 e. The quantitative estimate of drug-likeness (QED) is 0.578. The van der Waals surface area contributed by atoms with E-state index in [1.54, 1.807) is 0 Å². The van der Waals surface area contributed by atoms with Crippen LogP contribution in [0.2, 0.25) is 0 Å².